The van der Waals surface area contributed by atoms with Gasteiger partial charge in [0.25, 0.3) is 0 Å². The molecule has 16 heavy (non-hydrogen) atoms. The van der Waals surface area contributed by atoms with Crippen LogP contribution in [0.4, 0.5) is 0 Å². The average molecular weight is 211 g/mol. The van der Waals surface area contributed by atoms with Gasteiger partial charge in [-0.1, -0.05) is 44.2 Å². The zero-order valence-electron chi connectivity index (χ0n) is 9.85. The third kappa shape index (κ3) is 2.69. The van der Waals surface area contributed by atoms with Gasteiger partial charge in [0.05, 0.1) is 0 Å². The Morgan fingerprint density at radius 3 is 2.31 bits per heavy atom. The van der Waals surface area contributed by atoms with Gasteiger partial charge in [0.2, 0.25) is 0 Å². The van der Waals surface area contributed by atoms with E-state index in [9.17, 15) is 0 Å². The summed E-state index contributed by atoms with van der Waals surface area (Å²) >= 11 is 0. The molecule has 0 unspecified atom stereocenters. The largest absolute Gasteiger partial charge is 0.264 e. The number of aromatic nitrogens is 1. The van der Waals surface area contributed by atoms with Crippen LogP contribution in [0.1, 0.15) is 19.4 Å². The summed E-state index contributed by atoms with van der Waals surface area (Å²) in [5, 5.41) is 0. The fourth-order valence-corrected chi connectivity index (χ4v) is 1.84. The van der Waals surface area contributed by atoms with Gasteiger partial charge in [0.1, 0.15) is 0 Å². The molecule has 2 aromatic rings. The molecule has 1 aromatic carbocycles. The van der Waals surface area contributed by atoms with E-state index in [0.29, 0.717) is 5.92 Å². The molecule has 0 spiro atoms. The zero-order valence-corrected chi connectivity index (χ0v) is 9.85. The molecule has 1 aromatic heterocycles. The predicted octanol–water partition coefficient (Wildman–Crippen LogP) is 3.95. The van der Waals surface area contributed by atoms with E-state index in [4.69, 9.17) is 0 Å². The Morgan fingerprint density at radius 2 is 1.75 bits per heavy atom. The highest BCUT2D eigenvalue weighted by Gasteiger charge is 1.99. The second-order valence-corrected chi connectivity index (χ2v) is 4.54. The molecule has 0 amide bonds. The first-order chi connectivity index (χ1) is 7.75. The van der Waals surface area contributed by atoms with E-state index in [2.05, 4.69) is 49.2 Å². The summed E-state index contributed by atoms with van der Waals surface area (Å²) in [4.78, 5) is 4.13. The van der Waals surface area contributed by atoms with E-state index < -0.39 is 0 Å². The fourth-order valence-electron chi connectivity index (χ4n) is 1.84. The van der Waals surface area contributed by atoms with Crippen molar-refractivity contribution in [3.05, 3.63) is 54.4 Å². The Bertz CT molecular complexity index is 429. The Balaban J connectivity index is 2.20. The van der Waals surface area contributed by atoms with Crippen molar-refractivity contribution < 1.29 is 0 Å². The molecule has 1 heterocycles. The first-order valence-corrected chi connectivity index (χ1v) is 5.75. The highest BCUT2D eigenvalue weighted by Crippen LogP contribution is 2.19. The van der Waals surface area contributed by atoms with Gasteiger partial charge >= 0.3 is 0 Å². The van der Waals surface area contributed by atoms with Crippen molar-refractivity contribution in [3.8, 4) is 11.1 Å². The van der Waals surface area contributed by atoms with Gasteiger partial charge in [-0.15, -0.1) is 0 Å². The first kappa shape index (κ1) is 10.9. The third-order valence-electron chi connectivity index (χ3n) is 2.59. The van der Waals surface area contributed by atoms with E-state index in [1.54, 1.807) is 6.20 Å². The molecule has 0 aliphatic carbocycles. The highest BCUT2D eigenvalue weighted by molar-refractivity contribution is 5.62. The summed E-state index contributed by atoms with van der Waals surface area (Å²) < 4.78 is 0. The van der Waals surface area contributed by atoms with Crippen LogP contribution in [0.5, 0.6) is 0 Å². The summed E-state index contributed by atoms with van der Waals surface area (Å²) in [7, 11) is 0. The van der Waals surface area contributed by atoms with Crippen molar-refractivity contribution in [1.29, 1.82) is 0 Å². The molecule has 2 rings (SSSR count). The molecule has 0 fully saturated rings. The number of hydrogen-bond donors (Lipinski definition) is 0. The molecule has 0 bridgehead atoms. The van der Waals surface area contributed by atoms with Crippen LogP contribution in [0.25, 0.3) is 11.1 Å². The topological polar surface area (TPSA) is 12.9 Å². The van der Waals surface area contributed by atoms with Crippen LogP contribution >= 0.6 is 0 Å². The van der Waals surface area contributed by atoms with E-state index in [1.165, 1.54) is 16.7 Å². The zero-order chi connectivity index (χ0) is 11.4. The number of nitrogens with zero attached hydrogens (tertiary/aromatic N) is 1. The summed E-state index contributed by atoms with van der Waals surface area (Å²) in [6.45, 7) is 4.49. The minimum Gasteiger partial charge on any atom is -0.264 e. The molecule has 0 radical (unpaired) electrons. The van der Waals surface area contributed by atoms with Gasteiger partial charge in [0, 0.05) is 12.4 Å². The van der Waals surface area contributed by atoms with Crippen molar-refractivity contribution >= 4 is 0 Å². The van der Waals surface area contributed by atoms with Crippen LogP contribution in [-0.2, 0) is 6.42 Å². The molecular formula is C15H17N. The Kier molecular flexibility index (Phi) is 3.35. The van der Waals surface area contributed by atoms with E-state index in [1.807, 2.05) is 12.3 Å². The van der Waals surface area contributed by atoms with Gasteiger partial charge in [-0.25, -0.2) is 0 Å². The number of pyridine rings is 1. The van der Waals surface area contributed by atoms with Gasteiger partial charge < -0.3 is 0 Å². The second kappa shape index (κ2) is 4.93. The van der Waals surface area contributed by atoms with Crippen LogP contribution in [0.3, 0.4) is 0 Å². The molecule has 0 aliphatic heterocycles. The van der Waals surface area contributed by atoms with Gasteiger partial charge in [-0.2, -0.15) is 0 Å². The third-order valence-corrected chi connectivity index (χ3v) is 2.59. The van der Waals surface area contributed by atoms with E-state index >= 15 is 0 Å². The Labute approximate surface area is 97.2 Å². The van der Waals surface area contributed by atoms with Crippen molar-refractivity contribution in [2.75, 3.05) is 0 Å². The lowest BCUT2D eigenvalue weighted by Gasteiger charge is -2.06. The maximum Gasteiger partial charge on any atom is 0.0346 e. The minimum absolute atomic E-state index is 0.712. The lowest BCUT2D eigenvalue weighted by molar-refractivity contribution is 0.647. The van der Waals surface area contributed by atoms with Gasteiger partial charge in [-0.3, -0.25) is 4.98 Å². The number of benzene rings is 1. The van der Waals surface area contributed by atoms with Crippen molar-refractivity contribution in [2.24, 2.45) is 5.92 Å². The highest BCUT2D eigenvalue weighted by atomic mass is 14.6. The normalized spacial score (nSPS) is 10.7. The monoisotopic (exact) mass is 211 g/mol. The van der Waals surface area contributed by atoms with Crippen LogP contribution < -0.4 is 0 Å². The number of rotatable bonds is 3. The lowest BCUT2D eigenvalue weighted by atomic mass is 10.00. The molecular weight excluding hydrogens is 194 g/mol. The molecule has 0 aliphatic rings. The quantitative estimate of drug-likeness (QED) is 0.749. The maximum atomic E-state index is 4.13. The van der Waals surface area contributed by atoms with E-state index in [-0.39, 0.29) is 0 Å². The average Bonchev–Trinajstić information content (AvgIpc) is 2.30. The predicted molar refractivity (Wildman–Crippen MR) is 68.2 cm³/mol. The molecule has 1 nitrogen and oxygen atoms in total. The SMILES string of the molecule is CC(C)Cc1ccc(-c2cccnc2)cc1. The van der Waals surface area contributed by atoms with Crippen molar-refractivity contribution in [3.63, 3.8) is 0 Å². The number of hydrogen-bond acceptors (Lipinski definition) is 1. The Morgan fingerprint density at radius 1 is 1.00 bits per heavy atom. The van der Waals surface area contributed by atoms with Gasteiger partial charge in [-0.05, 0) is 35.1 Å². The van der Waals surface area contributed by atoms with Crippen LogP contribution in [0.15, 0.2) is 48.8 Å². The second-order valence-electron chi connectivity index (χ2n) is 4.54. The molecule has 0 saturated carbocycles. The standard InChI is InChI=1S/C15H17N/c1-12(2)10-13-5-7-14(8-6-13)15-4-3-9-16-11-15/h3-9,11-12H,10H2,1-2H3. The van der Waals surface area contributed by atoms with Crippen LogP contribution in [0, 0.1) is 5.92 Å². The molecule has 0 atom stereocenters. The van der Waals surface area contributed by atoms with Crippen molar-refractivity contribution in [2.45, 2.75) is 20.3 Å². The summed E-state index contributed by atoms with van der Waals surface area (Å²) in [6, 6.07) is 12.8. The maximum absolute atomic E-state index is 4.13. The molecule has 1 heteroatoms. The summed E-state index contributed by atoms with van der Waals surface area (Å²) in [5.74, 6) is 0.712. The van der Waals surface area contributed by atoms with E-state index in [0.717, 1.165) is 6.42 Å². The molecule has 82 valence electrons. The fraction of sp³-hybridized carbons (Fsp3) is 0.267. The van der Waals surface area contributed by atoms with Crippen LogP contribution in [0.2, 0.25) is 0 Å². The molecule has 0 saturated heterocycles. The van der Waals surface area contributed by atoms with Gasteiger partial charge in [0.15, 0.2) is 0 Å². The summed E-state index contributed by atoms with van der Waals surface area (Å²) in [5.41, 5.74) is 3.82. The lowest BCUT2D eigenvalue weighted by Crippen LogP contribution is -1.93. The molecule has 0 N–H and O–H groups in total. The van der Waals surface area contributed by atoms with Crippen molar-refractivity contribution in [1.82, 2.24) is 4.98 Å². The summed E-state index contributed by atoms with van der Waals surface area (Å²) in [6.07, 6.45) is 4.85. The Hall–Kier alpha value is -1.63. The first-order valence-electron chi connectivity index (χ1n) is 5.75. The van der Waals surface area contributed by atoms with Crippen LogP contribution in [-0.4, -0.2) is 4.98 Å². The smallest absolute Gasteiger partial charge is 0.0346 e. The minimum atomic E-state index is 0.712.